The summed E-state index contributed by atoms with van der Waals surface area (Å²) < 4.78 is 22.4. The van der Waals surface area contributed by atoms with E-state index in [1.54, 1.807) is 37.3 Å². The van der Waals surface area contributed by atoms with Gasteiger partial charge < -0.3 is 34.7 Å². The van der Waals surface area contributed by atoms with Gasteiger partial charge in [0.2, 0.25) is 0 Å². The van der Waals surface area contributed by atoms with E-state index in [0.29, 0.717) is 70.8 Å². The number of nitrogens with zero attached hydrogens (tertiary/aromatic N) is 1. The van der Waals surface area contributed by atoms with Crippen LogP contribution in [0, 0.1) is 11.3 Å². The van der Waals surface area contributed by atoms with Crippen LogP contribution in [0.1, 0.15) is 38.2 Å². The minimum Gasteiger partial charge on any atom is -0.494 e. The molecule has 0 saturated carbocycles. The highest BCUT2D eigenvalue weighted by Gasteiger charge is 2.36. The third-order valence-electron chi connectivity index (χ3n) is 6.41. The Hall–Kier alpha value is -3.55. The first-order valence-electron chi connectivity index (χ1n) is 13.6. The summed E-state index contributed by atoms with van der Waals surface area (Å²) in [5.41, 5.74) is 2.50. The lowest BCUT2D eigenvalue weighted by Gasteiger charge is -2.30. The van der Waals surface area contributed by atoms with Crippen molar-refractivity contribution in [2.75, 3.05) is 46.6 Å². The van der Waals surface area contributed by atoms with Crippen LogP contribution < -0.4 is 20.1 Å². The molecule has 9 nitrogen and oxygen atoms in total. The van der Waals surface area contributed by atoms with E-state index in [1.807, 2.05) is 18.2 Å². The average molecular weight is 584 g/mol. The van der Waals surface area contributed by atoms with Crippen molar-refractivity contribution in [2.45, 2.75) is 38.7 Å². The third-order valence-corrected chi connectivity index (χ3v) is 6.75. The molecular formula is C31H38ClN3O6. The molecule has 0 saturated heterocycles. The van der Waals surface area contributed by atoms with Crippen LogP contribution in [0.2, 0.25) is 5.02 Å². The Balaban J connectivity index is 1.52. The van der Waals surface area contributed by atoms with Gasteiger partial charge in [-0.2, -0.15) is 5.26 Å². The Morgan fingerprint density at radius 2 is 1.85 bits per heavy atom. The van der Waals surface area contributed by atoms with Crippen LogP contribution in [-0.2, 0) is 14.3 Å². The molecule has 0 radical (unpaired) electrons. The number of dihydropyridines is 1. The number of benzene rings is 2. The van der Waals surface area contributed by atoms with E-state index in [4.69, 9.17) is 30.5 Å². The van der Waals surface area contributed by atoms with Crippen molar-refractivity contribution in [3.05, 3.63) is 81.7 Å². The Bertz CT molecular complexity index is 1260. The fourth-order valence-corrected chi connectivity index (χ4v) is 4.63. The number of allylic oxidation sites excluding steroid dienone is 2. The lowest BCUT2D eigenvalue weighted by atomic mass is 9.81. The summed E-state index contributed by atoms with van der Waals surface area (Å²) >= 11 is 6.47. The van der Waals surface area contributed by atoms with E-state index in [9.17, 15) is 15.2 Å². The number of hydrogen-bond acceptors (Lipinski definition) is 9. The maximum Gasteiger partial charge on any atom is 0.336 e. The monoisotopic (exact) mass is 583 g/mol. The van der Waals surface area contributed by atoms with E-state index < -0.39 is 18.0 Å². The van der Waals surface area contributed by atoms with Gasteiger partial charge in [0.1, 0.15) is 24.2 Å². The number of aliphatic hydroxyl groups is 1. The SMILES string of the molecule is CCCNCC(O)COc1ccc(OCCCOCC2=C(C(=O)OC)C(c3ccccc3Cl)C(C#N)=C(C)N2)cc1. The van der Waals surface area contributed by atoms with Crippen molar-refractivity contribution >= 4 is 17.6 Å². The molecule has 0 aromatic heterocycles. The van der Waals surface area contributed by atoms with Crippen LogP contribution in [0.3, 0.4) is 0 Å². The molecule has 3 rings (SSSR count). The Labute approximate surface area is 246 Å². The number of hydrogen-bond donors (Lipinski definition) is 3. The van der Waals surface area contributed by atoms with Crippen molar-refractivity contribution in [3.8, 4) is 17.6 Å². The van der Waals surface area contributed by atoms with Crippen LogP contribution in [0.4, 0.5) is 0 Å². The van der Waals surface area contributed by atoms with Crippen LogP contribution in [0.15, 0.2) is 71.1 Å². The number of halogens is 1. The fourth-order valence-electron chi connectivity index (χ4n) is 4.38. The maximum atomic E-state index is 12.9. The van der Waals surface area contributed by atoms with E-state index in [0.717, 1.165) is 13.0 Å². The molecule has 0 fully saturated rings. The number of carbonyl (C=O) groups excluding carboxylic acids is 1. The number of carbonyl (C=O) groups is 1. The van der Waals surface area contributed by atoms with Gasteiger partial charge >= 0.3 is 5.97 Å². The van der Waals surface area contributed by atoms with E-state index in [2.05, 4.69) is 23.6 Å². The maximum absolute atomic E-state index is 12.9. The molecule has 3 N–H and O–H groups in total. The van der Waals surface area contributed by atoms with Crippen LogP contribution in [0.25, 0.3) is 0 Å². The van der Waals surface area contributed by atoms with Gasteiger partial charge in [0.25, 0.3) is 0 Å². The molecule has 220 valence electrons. The van der Waals surface area contributed by atoms with Gasteiger partial charge in [0, 0.05) is 23.7 Å². The second kappa shape index (κ2) is 16.7. The molecule has 0 spiro atoms. The van der Waals surface area contributed by atoms with Gasteiger partial charge in [-0.3, -0.25) is 0 Å². The van der Waals surface area contributed by atoms with Gasteiger partial charge in [-0.05, 0) is 55.8 Å². The summed E-state index contributed by atoms with van der Waals surface area (Å²) in [6.07, 6.45) is 1.05. The van der Waals surface area contributed by atoms with Gasteiger partial charge in [0.15, 0.2) is 0 Å². The van der Waals surface area contributed by atoms with Gasteiger partial charge in [0.05, 0.1) is 55.8 Å². The zero-order valence-electron chi connectivity index (χ0n) is 23.7. The molecule has 10 heteroatoms. The topological polar surface area (TPSA) is 122 Å². The Morgan fingerprint density at radius 1 is 1.15 bits per heavy atom. The number of nitrogens with one attached hydrogen (secondary N) is 2. The van der Waals surface area contributed by atoms with Crippen molar-refractivity contribution in [1.29, 1.82) is 5.26 Å². The smallest absolute Gasteiger partial charge is 0.336 e. The summed E-state index contributed by atoms with van der Waals surface area (Å²) in [4.78, 5) is 12.9. The van der Waals surface area contributed by atoms with Gasteiger partial charge in [-0.25, -0.2) is 4.79 Å². The lowest BCUT2D eigenvalue weighted by Crippen LogP contribution is -2.31. The second-order valence-corrected chi connectivity index (χ2v) is 9.92. The van der Waals surface area contributed by atoms with Crippen LogP contribution >= 0.6 is 11.6 Å². The first kappa shape index (κ1) is 32.0. The summed E-state index contributed by atoms with van der Waals surface area (Å²) in [5, 5.41) is 26.6. The molecule has 0 bridgehead atoms. The minimum atomic E-state index is -0.669. The van der Waals surface area contributed by atoms with E-state index in [-0.39, 0.29) is 13.2 Å². The van der Waals surface area contributed by atoms with E-state index >= 15 is 0 Å². The number of methoxy groups -OCH3 is 1. The molecule has 2 atom stereocenters. The molecule has 1 aliphatic rings. The third kappa shape index (κ3) is 9.23. The van der Waals surface area contributed by atoms with Crippen LogP contribution in [0.5, 0.6) is 11.5 Å². The zero-order valence-corrected chi connectivity index (χ0v) is 24.5. The Kier molecular flexibility index (Phi) is 13.0. The quantitative estimate of drug-likeness (QED) is 0.194. The molecule has 2 unspecified atom stereocenters. The highest BCUT2D eigenvalue weighted by atomic mass is 35.5. The van der Waals surface area contributed by atoms with Gasteiger partial charge in [-0.1, -0.05) is 36.7 Å². The summed E-state index contributed by atoms with van der Waals surface area (Å²) in [6, 6.07) is 16.6. The first-order chi connectivity index (χ1) is 19.9. The number of esters is 1. The predicted molar refractivity (Wildman–Crippen MR) is 157 cm³/mol. The molecular weight excluding hydrogens is 546 g/mol. The molecule has 0 amide bonds. The summed E-state index contributed by atoms with van der Waals surface area (Å²) in [6.45, 7) is 6.36. The molecule has 2 aromatic rings. The first-order valence-corrected chi connectivity index (χ1v) is 14.0. The minimum absolute atomic E-state index is 0.118. The Morgan fingerprint density at radius 3 is 2.51 bits per heavy atom. The predicted octanol–water partition coefficient (Wildman–Crippen LogP) is 4.48. The highest BCUT2D eigenvalue weighted by molar-refractivity contribution is 6.31. The molecule has 41 heavy (non-hydrogen) atoms. The molecule has 1 heterocycles. The molecule has 1 aliphatic heterocycles. The summed E-state index contributed by atoms with van der Waals surface area (Å²) in [5.74, 6) is 0.125. The van der Waals surface area contributed by atoms with Crippen molar-refractivity contribution in [3.63, 3.8) is 0 Å². The van der Waals surface area contributed by atoms with Crippen molar-refractivity contribution < 1.29 is 28.8 Å². The zero-order chi connectivity index (χ0) is 29.6. The summed E-state index contributed by atoms with van der Waals surface area (Å²) in [7, 11) is 1.31. The lowest BCUT2D eigenvalue weighted by molar-refractivity contribution is -0.136. The average Bonchev–Trinajstić information content (AvgIpc) is 2.98. The molecule has 2 aromatic carbocycles. The number of nitriles is 1. The van der Waals surface area contributed by atoms with E-state index in [1.165, 1.54) is 7.11 Å². The number of ether oxygens (including phenoxy) is 4. The number of aliphatic hydroxyl groups excluding tert-OH is 1. The molecule has 0 aliphatic carbocycles. The highest BCUT2D eigenvalue weighted by Crippen LogP contribution is 2.41. The normalized spacial score (nSPS) is 15.7. The standard InChI is InChI=1S/C31H38ClN3O6/c1-4-14-34-18-22(36)19-41-24-12-10-23(11-13-24)40-16-7-15-39-20-28-30(31(37)38-3)29(26(17-33)21(2)35-28)25-8-5-6-9-27(25)32/h5-6,8-13,22,29,34-36H,4,7,14-16,18-20H2,1-3H3. The fraction of sp³-hybridized carbons (Fsp3) is 0.419. The largest absolute Gasteiger partial charge is 0.494 e. The van der Waals surface area contributed by atoms with Crippen molar-refractivity contribution in [1.82, 2.24) is 10.6 Å². The second-order valence-electron chi connectivity index (χ2n) is 9.51. The van der Waals surface area contributed by atoms with Gasteiger partial charge in [-0.15, -0.1) is 0 Å². The number of rotatable bonds is 16. The van der Waals surface area contributed by atoms with Crippen LogP contribution in [-0.4, -0.2) is 63.8 Å². The van der Waals surface area contributed by atoms with Crippen molar-refractivity contribution in [2.24, 2.45) is 0 Å².